The first-order valence-corrected chi connectivity index (χ1v) is 8.34. The molecule has 106 valence electrons. The highest BCUT2D eigenvalue weighted by molar-refractivity contribution is 7.99. The Labute approximate surface area is 129 Å². The van der Waals surface area contributed by atoms with Crippen LogP contribution in [0.2, 0.25) is 10.0 Å². The number of thioether (sulfide) groups is 1. The van der Waals surface area contributed by atoms with Crippen LogP contribution in [-0.4, -0.2) is 42.0 Å². The molecule has 1 aliphatic rings. The lowest BCUT2D eigenvalue weighted by molar-refractivity contribution is 0.125. The first kappa shape index (κ1) is 15.5. The van der Waals surface area contributed by atoms with Gasteiger partial charge >= 0.3 is 0 Å². The Kier molecular flexibility index (Phi) is 6.30. The van der Waals surface area contributed by atoms with Crippen molar-refractivity contribution in [3.05, 3.63) is 28.2 Å². The van der Waals surface area contributed by atoms with Gasteiger partial charge in [0.05, 0.1) is 5.02 Å². The van der Waals surface area contributed by atoms with Crippen molar-refractivity contribution in [3.63, 3.8) is 0 Å². The van der Waals surface area contributed by atoms with Gasteiger partial charge in [0, 0.05) is 35.4 Å². The Morgan fingerprint density at radius 2 is 2.21 bits per heavy atom. The molecule has 0 aromatic heterocycles. The molecule has 1 heterocycles. The minimum atomic E-state index is 0.309. The first-order chi connectivity index (χ1) is 9.19. The first-order valence-electron chi connectivity index (χ1n) is 6.60. The number of aliphatic hydroxyl groups excluding tert-OH is 1. The van der Waals surface area contributed by atoms with Crippen LogP contribution in [0.25, 0.3) is 0 Å². The van der Waals surface area contributed by atoms with Gasteiger partial charge in [-0.2, -0.15) is 0 Å². The van der Waals surface area contributed by atoms with Crippen LogP contribution in [0.1, 0.15) is 12.8 Å². The van der Waals surface area contributed by atoms with E-state index in [2.05, 4.69) is 4.90 Å². The molecule has 0 radical (unpaired) electrons. The van der Waals surface area contributed by atoms with Gasteiger partial charge < -0.3 is 10.0 Å². The average molecular weight is 320 g/mol. The second kappa shape index (κ2) is 7.75. The number of piperidine rings is 1. The molecule has 1 atom stereocenters. The van der Waals surface area contributed by atoms with Crippen molar-refractivity contribution in [2.24, 2.45) is 5.92 Å². The fourth-order valence-corrected chi connectivity index (χ4v) is 3.88. The molecule has 2 nitrogen and oxygen atoms in total. The van der Waals surface area contributed by atoms with Crippen molar-refractivity contribution in [2.75, 3.05) is 32.0 Å². The van der Waals surface area contributed by atoms with E-state index in [9.17, 15) is 5.11 Å². The number of rotatable bonds is 5. The SMILES string of the molecule is OCC1CCCN(CCSc2cc(Cl)ccc2Cl)C1. The normalized spacial score (nSPS) is 20.7. The van der Waals surface area contributed by atoms with Crippen LogP contribution in [0.3, 0.4) is 0 Å². The molecule has 1 aliphatic heterocycles. The predicted octanol–water partition coefficient (Wildman–Crippen LogP) is 3.79. The zero-order chi connectivity index (χ0) is 13.7. The van der Waals surface area contributed by atoms with E-state index in [1.165, 1.54) is 6.42 Å². The number of benzene rings is 1. The molecular formula is C14H19Cl2NOS. The molecule has 1 aromatic rings. The number of likely N-dealkylation sites (tertiary alicyclic amines) is 1. The van der Waals surface area contributed by atoms with Gasteiger partial charge in [-0.1, -0.05) is 23.2 Å². The van der Waals surface area contributed by atoms with Gasteiger partial charge in [-0.15, -0.1) is 11.8 Å². The zero-order valence-electron chi connectivity index (χ0n) is 10.8. The summed E-state index contributed by atoms with van der Waals surface area (Å²) in [5, 5.41) is 10.7. The average Bonchev–Trinajstić information content (AvgIpc) is 2.43. The Hall–Kier alpha value is 0.0700. The van der Waals surface area contributed by atoms with E-state index in [0.29, 0.717) is 12.5 Å². The molecule has 0 spiro atoms. The maximum absolute atomic E-state index is 9.22. The largest absolute Gasteiger partial charge is 0.396 e. The van der Waals surface area contributed by atoms with Crippen LogP contribution in [-0.2, 0) is 0 Å². The topological polar surface area (TPSA) is 23.5 Å². The predicted molar refractivity (Wildman–Crippen MR) is 83.4 cm³/mol. The van der Waals surface area contributed by atoms with E-state index < -0.39 is 0 Å². The minimum Gasteiger partial charge on any atom is -0.396 e. The minimum absolute atomic E-state index is 0.309. The molecule has 2 rings (SSSR count). The van der Waals surface area contributed by atoms with Gasteiger partial charge in [0.2, 0.25) is 0 Å². The Morgan fingerprint density at radius 3 is 3.00 bits per heavy atom. The van der Waals surface area contributed by atoms with Crippen LogP contribution < -0.4 is 0 Å². The fraction of sp³-hybridized carbons (Fsp3) is 0.571. The Morgan fingerprint density at radius 1 is 1.37 bits per heavy atom. The van der Waals surface area contributed by atoms with Crippen LogP contribution in [0.4, 0.5) is 0 Å². The monoisotopic (exact) mass is 319 g/mol. The third-order valence-electron chi connectivity index (χ3n) is 3.42. The van der Waals surface area contributed by atoms with Crippen LogP contribution in [0.15, 0.2) is 23.1 Å². The van der Waals surface area contributed by atoms with E-state index in [1.807, 2.05) is 18.2 Å². The van der Waals surface area contributed by atoms with Gasteiger partial charge in [-0.25, -0.2) is 0 Å². The van der Waals surface area contributed by atoms with Gasteiger partial charge in [0.15, 0.2) is 0 Å². The van der Waals surface area contributed by atoms with Gasteiger partial charge in [-0.3, -0.25) is 0 Å². The summed E-state index contributed by atoms with van der Waals surface area (Å²) in [6.07, 6.45) is 2.34. The molecule has 1 N–H and O–H groups in total. The molecule has 1 saturated heterocycles. The van der Waals surface area contributed by atoms with Crippen molar-refractivity contribution in [1.82, 2.24) is 4.90 Å². The zero-order valence-corrected chi connectivity index (χ0v) is 13.1. The summed E-state index contributed by atoms with van der Waals surface area (Å²) < 4.78 is 0. The highest BCUT2D eigenvalue weighted by Crippen LogP contribution is 2.30. The second-order valence-electron chi connectivity index (χ2n) is 4.91. The number of hydrogen-bond donors (Lipinski definition) is 1. The highest BCUT2D eigenvalue weighted by atomic mass is 35.5. The van der Waals surface area contributed by atoms with Crippen molar-refractivity contribution in [3.8, 4) is 0 Å². The molecular weight excluding hydrogens is 301 g/mol. The summed E-state index contributed by atoms with van der Waals surface area (Å²) in [7, 11) is 0. The fourth-order valence-electron chi connectivity index (χ4n) is 2.38. The molecule has 5 heteroatoms. The molecule has 0 bridgehead atoms. The lowest BCUT2D eigenvalue weighted by Gasteiger charge is -2.31. The molecule has 1 aromatic carbocycles. The number of halogens is 2. The highest BCUT2D eigenvalue weighted by Gasteiger charge is 2.18. The van der Waals surface area contributed by atoms with Gasteiger partial charge in [0.1, 0.15) is 0 Å². The van der Waals surface area contributed by atoms with Gasteiger partial charge in [0.25, 0.3) is 0 Å². The van der Waals surface area contributed by atoms with Crippen LogP contribution in [0.5, 0.6) is 0 Å². The molecule has 19 heavy (non-hydrogen) atoms. The van der Waals surface area contributed by atoms with Crippen LogP contribution in [0, 0.1) is 5.92 Å². The van der Waals surface area contributed by atoms with Crippen molar-refractivity contribution < 1.29 is 5.11 Å². The summed E-state index contributed by atoms with van der Waals surface area (Å²) in [5.74, 6) is 1.45. The van der Waals surface area contributed by atoms with E-state index in [0.717, 1.165) is 46.7 Å². The van der Waals surface area contributed by atoms with E-state index in [-0.39, 0.29) is 0 Å². The summed E-state index contributed by atoms with van der Waals surface area (Å²) in [4.78, 5) is 3.47. The quantitative estimate of drug-likeness (QED) is 0.835. The lowest BCUT2D eigenvalue weighted by atomic mass is 9.99. The summed E-state index contributed by atoms with van der Waals surface area (Å²) >= 11 is 13.9. The van der Waals surface area contributed by atoms with Crippen molar-refractivity contribution in [1.29, 1.82) is 0 Å². The second-order valence-corrected chi connectivity index (χ2v) is 6.90. The van der Waals surface area contributed by atoms with Crippen LogP contribution >= 0.6 is 35.0 Å². The molecule has 1 fully saturated rings. The number of aliphatic hydroxyl groups is 1. The number of hydrogen-bond acceptors (Lipinski definition) is 3. The third-order valence-corrected chi connectivity index (χ3v) is 5.13. The maximum atomic E-state index is 9.22. The Balaban J connectivity index is 1.78. The van der Waals surface area contributed by atoms with E-state index in [4.69, 9.17) is 23.2 Å². The third kappa shape index (κ3) is 4.83. The molecule has 0 saturated carbocycles. The summed E-state index contributed by atoms with van der Waals surface area (Å²) in [6.45, 7) is 3.49. The summed E-state index contributed by atoms with van der Waals surface area (Å²) in [5.41, 5.74) is 0. The van der Waals surface area contributed by atoms with Crippen molar-refractivity contribution in [2.45, 2.75) is 17.7 Å². The van der Waals surface area contributed by atoms with Crippen molar-refractivity contribution >= 4 is 35.0 Å². The lowest BCUT2D eigenvalue weighted by Crippen LogP contribution is -2.38. The van der Waals surface area contributed by atoms with E-state index >= 15 is 0 Å². The maximum Gasteiger partial charge on any atom is 0.0542 e. The summed E-state index contributed by atoms with van der Waals surface area (Å²) in [6, 6.07) is 5.57. The molecule has 0 aliphatic carbocycles. The molecule has 0 amide bonds. The smallest absolute Gasteiger partial charge is 0.0542 e. The van der Waals surface area contributed by atoms with Gasteiger partial charge in [-0.05, 0) is 43.5 Å². The van der Waals surface area contributed by atoms with E-state index in [1.54, 1.807) is 11.8 Å². The molecule has 1 unspecified atom stereocenters. The standard InChI is InChI=1S/C14H19Cl2NOS/c15-12-3-4-13(16)14(8-12)19-7-6-17-5-1-2-11(9-17)10-18/h3-4,8,11,18H,1-2,5-7,9-10H2. The Bertz CT molecular complexity index is 416. The number of nitrogens with zero attached hydrogens (tertiary/aromatic N) is 1.